The average molecular weight is 483 g/mol. The van der Waals surface area contributed by atoms with Crippen molar-refractivity contribution < 1.29 is 22.7 Å². The second-order valence-electron chi connectivity index (χ2n) is 8.68. The Morgan fingerprint density at radius 3 is 2.56 bits per heavy atom. The van der Waals surface area contributed by atoms with Crippen LogP contribution in [0.15, 0.2) is 36.4 Å². The van der Waals surface area contributed by atoms with E-state index >= 15 is 0 Å². The van der Waals surface area contributed by atoms with E-state index in [0.717, 1.165) is 25.7 Å². The van der Waals surface area contributed by atoms with Gasteiger partial charge in [-0.3, -0.25) is 14.5 Å². The van der Waals surface area contributed by atoms with Crippen LogP contribution in [0.1, 0.15) is 64.6 Å². The summed E-state index contributed by atoms with van der Waals surface area (Å²) < 4.78 is 32.6. The van der Waals surface area contributed by atoms with Gasteiger partial charge >= 0.3 is 5.97 Å². The number of carbonyl (C=O) groups excluding carboxylic acids is 2. The molecule has 0 radical (unpaired) electrons. The number of hydrogen-bond acceptors (Lipinski definition) is 8. The van der Waals surface area contributed by atoms with Crippen LogP contribution in [-0.2, 0) is 25.3 Å². The van der Waals surface area contributed by atoms with Crippen molar-refractivity contribution in [1.29, 1.82) is 5.26 Å². The summed E-state index contributed by atoms with van der Waals surface area (Å²) in [7, 11) is -3.89. The maximum Gasteiger partial charge on any atom is 0.340 e. The summed E-state index contributed by atoms with van der Waals surface area (Å²) in [4.78, 5) is 29.8. The molecule has 2 fully saturated rings. The number of esters is 1. The third kappa shape index (κ3) is 5.26. The van der Waals surface area contributed by atoms with E-state index < -0.39 is 33.9 Å². The van der Waals surface area contributed by atoms with Gasteiger partial charge in [0.05, 0.1) is 40.2 Å². The molecule has 10 heteroatoms. The molecule has 1 aliphatic heterocycles. The maximum atomic E-state index is 12.8. The number of sulfonamides is 1. The Balaban J connectivity index is 1.48. The highest BCUT2D eigenvalue weighted by Crippen LogP contribution is 2.32. The number of nitrogens with one attached hydrogen (secondary N) is 2. The largest absolute Gasteiger partial charge is 0.459 e. The van der Waals surface area contributed by atoms with Gasteiger partial charge in [-0.2, -0.15) is 5.26 Å². The van der Waals surface area contributed by atoms with Crippen LogP contribution in [0.2, 0.25) is 0 Å². The lowest BCUT2D eigenvalue weighted by Gasteiger charge is -2.36. The van der Waals surface area contributed by atoms with Gasteiger partial charge in [0.1, 0.15) is 12.2 Å². The first-order valence-corrected chi connectivity index (χ1v) is 12.9. The van der Waals surface area contributed by atoms with Gasteiger partial charge < -0.3 is 10.1 Å². The first-order chi connectivity index (χ1) is 16.3. The Kier molecular flexibility index (Phi) is 6.95. The van der Waals surface area contributed by atoms with Crippen LogP contribution in [0, 0.1) is 24.2 Å². The number of nitrogens with zero attached hydrogens (tertiary/aromatic N) is 2. The fourth-order valence-corrected chi connectivity index (χ4v) is 5.48. The lowest BCUT2D eigenvalue weighted by atomic mass is 9.86. The van der Waals surface area contributed by atoms with Crippen LogP contribution in [-0.4, -0.2) is 37.9 Å². The molecule has 2 aromatic rings. The number of hydrogen-bond donors (Lipinski definition) is 2. The van der Waals surface area contributed by atoms with Crippen LogP contribution in [0.3, 0.4) is 0 Å². The zero-order valence-corrected chi connectivity index (χ0v) is 19.6. The van der Waals surface area contributed by atoms with Gasteiger partial charge in [-0.25, -0.2) is 13.2 Å². The summed E-state index contributed by atoms with van der Waals surface area (Å²) in [5.41, 5.74) is 1.63. The summed E-state index contributed by atoms with van der Waals surface area (Å²) in [6.07, 6.45) is 3.59. The molecule has 0 bridgehead atoms. The lowest BCUT2D eigenvalue weighted by Crippen LogP contribution is -2.54. The maximum absolute atomic E-state index is 12.8. The molecular weight excluding hydrogens is 456 g/mol. The van der Waals surface area contributed by atoms with E-state index in [0.29, 0.717) is 17.0 Å². The molecule has 178 valence electrons. The van der Waals surface area contributed by atoms with E-state index in [1.807, 2.05) is 6.07 Å². The number of nitriles is 1. The predicted octanol–water partition coefficient (Wildman–Crippen LogP) is 2.27. The van der Waals surface area contributed by atoms with Gasteiger partial charge in [-0.15, -0.1) is 0 Å². The van der Waals surface area contributed by atoms with E-state index in [2.05, 4.69) is 15.0 Å². The average Bonchev–Trinajstić information content (AvgIpc) is 3.26. The fraction of sp³-hybridized carbons (Fsp3) is 0.417. The molecular formula is C24H26N4O5S. The number of aryl methyl sites for hydroxylation is 1. The zero-order chi connectivity index (χ0) is 24.3. The molecule has 2 atom stereocenters. The third-order valence-electron chi connectivity index (χ3n) is 6.21. The monoisotopic (exact) mass is 482 g/mol. The van der Waals surface area contributed by atoms with E-state index in [-0.39, 0.29) is 29.5 Å². The Hall–Kier alpha value is -3.29. The molecule has 1 saturated heterocycles. The Bertz CT molecular complexity index is 1230. The van der Waals surface area contributed by atoms with Crippen molar-refractivity contribution in [1.82, 2.24) is 15.0 Å². The van der Waals surface area contributed by atoms with Crippen LogP contribution in [0.25, 0.3) is 0 Å². The van der Waals surface area contributed by atoms with Gasteiger partial charge in [0, 0.05) is 6.54 Å². The second-order valence-corrected chi connectivity index (χ2v) is 10.4. The quantitative estimate of drug-likeness (QED) is 0.573. The molecule has 4 rings (SSSR count). The van der Waals surface area contributed by atoms with Crippen molar-refractivity contribution in [2.24, 2.45) is 5.92 Å². The van der Waals surface area contributed by atoms with E-state index in [4.69, 9.17) is 4.74 Å². The summed E-state index contributed by atoms with van der Waals surface area (Å²) >= 11 is 0. The number of benzene rings is 1. The molecule has 2 N–H and O–H groups in total. The van der Waals surface area contributed by atoms with Crippen molar-refractivity contribution in [2.75, 3.05) is 6.54 Å². The van der Waals surface area contributed by atoms with E-state index in [9.17, 15) is 23.3 Å². The topological polar surface area (TPSA) is 138 Å². The minimum Gasteiger partial charge on any atom is -0.459 e. The standard InChI is InChI=1S/C24H26N4O5S/c1-15-19(24(30)33-18-9-5-6-10-18)11-17(12-25)21(27-15)22-20(13-26-22)23(29)28-34(31,32)14-16-7-3-2-4-8-16/h2-4,7-8,11,18,20,22,26H,5-6,9-10,13-14H2,1H3,(H,28,29). The van der Waals surface area contributed by atoms with Crippen LogP contribution in [0.4, 0.5) is 0 Å². The highest BCUT2D eigenvalue weighted by molar-refractivity contribution is 7.89. The minimum absolute atomic E-state index is 0.115. The second kappa shape index (κ2) is 9.91. The molecule has 1 aromatic heterocycles. The SMILES string of the molecule is Cc1nc(C2NCC2C(=O)NS(=O)(=O)Cc2ccccc2)c(C#N)cc1C(=O)OC1CCCC1. The zero-order valence-electron chi connectivity index (χ0n) is 18.8. The highest BCUT2D eigenvalue weighted by Gasteiger charge is 2.41. The van der Waals surface area contributed by atoms with Gasteiger partial charge in [0.15, 0.2) is 0 Å². The number of ether oxygens (including phenoxy) is 1. The Labute approximate surface area is 198 Å². The van der Waals surface area contributed by atoms with Crippen molar-refractivity contribution in [3.8, 4) is 6.07 Å². The lowest BCUT2D eigenvalue weighted by molar-refractivity contribution is -0.126. The Morgan fingerprint density at radius 1 is 1.24 bits per heavy atom. The van der Waals surface area contributed by atoms with Gasteiger partial charge in [-0.05, 0) is 44.2 Å². The minimum atomic E-state index is -3.89. The van der Waals surface area contributed by atoms with Gasteiger partial charge in [0.2, 0.25) is 15.9 Å². The first-order valence-electron chi connectivity index (χ1n) is 11.2. The van der Waals surface area contributed by atoms with Gasteiger partial charge in [0.25, 0.3) is 0 Å². The number of aromatic nitrogens is 1. The third-order valence-corrected chi connectivity index (χ3v) is 7.43. The summed E-state index contributed by atoms with van der Waals surface area (Å²) in [5.74, 6) is -2.21. The highest BCUT2D eigenvalue weighted by atomic mass is 32.2. The van der Waals surface area contributed by atoms with Crippen molar-refractivity contribution in [2.45, 2.75) is 50.5 Å². The molecule has 2 unspecified atom stereocenters. The predicted molar refractivity (Wildman–Crippen MR) is 123 cm³/mol. The van der Waals surface area contributed by atoms with Crippen LogP contribution >= 0.6 is 0 Å². The molecule has 2 heterocycles. The van der Waals surface area contributed by atoms with E-state index in [1.165, 1.54) is 6.07 Å². The first kappa shape index (κ1) is 23.9. The molecule has 1 saturated carbocycles. The molecule has 9 nitrogen and oxygen atoms in total. The van der Waals surface area contributed by atoms with E-state index in [1.54, 1.807) is 37.3 Å². The number of rotatable bonds is 7. The molecule has 2 aliphatic rings. The molecule has 34 heavy (non-hydrogen) atoms. The smallest absolute Gasteiger partial charge is 0.340 e. The number of carbonyl (C=O) groups is 2. The summed E-state index contributed by atoms with van der Waals surface area (Å²) in [5, 5.41) is 12.7. The molecule has 1 aliphatic carbocycles. The van der Waals surface area contributed by atoms with Crippen LogP contribution in [0.5, 0.6) is 0 Å². The molecule has 1 amide bonds. The van der Waals surface area contributed by atoms with Crippen molar-refractivity contribution in [3.63, 3.8) is 0 Å². The molecule has 0 spiro atoms. The van der Waals surface area contributed by atoms with Crippen LogP contribution < -0.4 is 10.0 Å². The Morgan fingerprint density at radius 2 is 1.94 bits per heavy atom. The number of pyridine rings is 1. The molecule has 1 aromatic carbocycles. The summed E-state index contributed by atoms with van der Waals surface area (Å²) in [6.45, 7) is 1.89. The summed E-state index contributed by atoms with van der Waals surface area (Å²) in [6, 6.07) is 11.4. The van der Waals surface area contributed by atoms with Crippen molar-refractivity contribution in [3.05, 3.63) is 64.5 Å². The number of amides is 1. The normalized spacial score (nSPS) is 20.2. The van der Waals surface area contributed by atoms with Gasteiger partial charge in [-0.1, -0.05) is 30.3 Å². The van der Waals surface area contributed by atoms with Crippen molar-refractivity contribution >= 4 is 21.9 Å². The fourth-order valence-electron chi connectivity index (χ4n) is 4.32.